The van der Waals surface area contributed by atoms with Crippen molar-refractivity contribution >= 4 is 40.5 Å². The molecule has 0 bridgehead atoms. The van der Waals surface area contributed by atoms with Crippen molar-refractivity contribution in [1.82, 2.24) is 0 Å². The Balaban J connectivity index is 1.78. The third-order valence-electron chi connectivity index (χ3n) is 4.27. The summed E-state index contributed by atoms with van der Waals surface area (Å²) in [6.07, 6.45) is 0. The molecule has 0 saturated heterocycles. The third-order valence-corrected chi connectivity index (χ3v) is 5.14. The van der Waals surface area contributed by atoms with Gasteiger partial charge in [-0.25, -0.2) is 13.6 Å². The number of thiophene rings is 1. The van der Waals surface area contributed by atoms with Gasteiger partial charge in [0.05, 0.1) is 36.0 Å². The molecule has 8 nitrogen and oxygen atoms in total. The number of nitrogens with one attached hydrogen (secondary N) is 2. The van der Waals surface area contributed by atoms with Crippen LogP contribution in [0.4, 0.5) is 20.2 Å². The van der Waals surface area contributed by atoms with E-state index in [0.29, 0.717) is 4.88 Å². The number of esters is 1. The summed E-state index contributed by atoms with van der Waals surface area (Å²) in [6, 6.07) is 8.51. The monoisotopic (exact) mass is 476 g/mol. The molecule has 0 aliphatic carbocycles. The highest BCUT2D eigenvalue weighted by atomic mass is 32.1. The standard InChI is InChI=1S/C22H18F2N2O6S/c1-30-17-9-13(15(10-18(17)31-2)26-21(28)19-4-3-7-33-19)22(29)32-11-20(27)25-16-8-12(23)5-6-14(16)24/h3-10H,11H2,1-2H3,(H,25,27)(H,26,28). The Kier molecular flexibility index (Phi) is 7.57. The van der Waals surface area contributed by atoms with Crippen molar-refractivity contribution in [1.29, 1.82) is 0 Å². The molecule has 0 atom stereocenters. The largest absolute Gasteiger partial charge is 0.493 e. The van der Waals surface area contributed by atoms with Gasteiger partial charge in [0.25, 0.3) is 11.8 Å². The van der Waals surface area contributed by atoms with Gasteiger partial charge in [0.1, 0.15) is 11.6 Å². The first-order valence-electron chi connectivity index (χ1n) is 9.35. The number of carbonyl (C=O) groups excluding carboxylic acids is 3. The number of carbonyl (C=O) groups is 3. The molecule has 0 aliphatic rings. The molecule has 172 valence electrons. The second kappa shape index (κ2) is 10.6. The highest BCUT2D eigenvalue weighted by Crippen LogP contribution is 2.34. The van der Waals surface area contributed by atoms with Gasteiger partial charge in [-0.05, 0) is 23.6 Å². The van der Waals surface area contributed by atoms with Gasteiger partial charge in [-0.2, -0.15) is 0 Å². The SMILES string of the molecule is COc1cc(NC(=O)c2cccs2)c(C(=O)OCC(=O)Nc2cc(F)ccc2F)cc1OC. The van der Waals surface area contributed by atoms with Crippen LogP contribution < -0.4 is 20.1 Å². The summed E-state index contributed by atoms with van der Waals surface area (Å²) in [6.45, 7) is -0.790. The highest BCUT2D eigenvalue weighted by molar-refractivity contribution is 7.12. The van der Waals surface area contributed by atoms with E-state index in [1.807, 2.05) is 0 Å². The minimum absolute atomic E-state index is 0.0626. The van der Waals surface area contributed by atoms with E-state index in [1.54, 1.807) is 17.5 Å². The molecule has 11 heteroatoms. The number of rotatable bonds is 8. The van der Waals surface area contributed by atoms with Crippen molar-refractivity contribution in [2.75, 3.05) is 31.5 Å². The molecule has 0 aliphatic heterocycles. The van der Waals surface area contributed by atoms with Gasteiger partial charge in [-0.3, -0.25) is 9.59 Å². The van der Waals surface area contributed by atoms with Crippen molar-refractivity contribution in [3.63, 3.8) is 0 Å². The second-order valence-electron chi connectivity index (χ2n) is 6.43. The number of benzene rings is 2. The van der Waals surface area contributed by atoms with E-state index in [-0.39, 0.29) is 22.7 Å². The smallest absolute Gasteiger partial charge is 0.340 e. The summed E-state index contributed by atoms with van der Waals surface area (Å²) in [4.78, 5) is 37.6. The predicted octanol–water partition coefficient (Wildman–Crippen LogP) is 4.09. The molecule has 3 rings (SSSR count). The number of amides is 2. The van der Waals surface area contributed by atoms with E-state index in [1.165, 1.54) is 37.7 Å². The zero-order valence-electron chi connectivity index (χ0n) is 17.4. The molecule has 0 radical (unpaired) electrons. The van der Waals surface area contributed by atoms with Crippen LogP contribution in [0.3, 0.4) is 0 Å². The Morgan fingerprint density at radius 1 is 0.939 bits per heavy atom. The maximum atomic E-state index is 13.7. The molecule has 2 aromatic carbocycles. The van der Waals surface area contributed by atoms with Crippen molar-refractivity contribution in [2.24, 2.45) is 0 Å². The lowest BCUT2D eigenvalue weighted by atomic mass is 10.1. The summed E-state index contributed by atoms with van der Waals surface area (Å²) in [5, 5.41) is 6.45. The van der Waals surface area contributed by atoms with Gasteiger partial charge >= 0.3 is 5.97 Å². The lowest BCUT2D eigenvalue weighted by Gasteiger charge is -2.15. The van der Waals surface area contributed by atoms with Gasteiger partial charge in [-0.1, -0.05) is 6.07 Å². The van der Waals surface area contributed by atoms with E-state index >= 15 is 0 Å². The zero-order chi connectivity index (χ0) is 24.0. The molecule has 2 N–H and O–H groups in total. The lowest BCUT2D eigenvalue weighted by Crippen LogP contribution is -2.22. The lowest BCUT2D eigenvalue weighted by molar-refractivity contribution is -0.119. The quantitative estimate of drug-likeness (QED) is 0.475. The van der Waals surface area contributed by atoms with Crippen molar-refractivity contribution < 1.29 is 37.4 Å². The number of halogens is 2. The fourth-order valence-corrected chi connectivity index (χ4v) is 3.35. The van der Waals surface area contributed by atoms with Crippen LogP contribution in [0.2, 0.25) is 0 Å². The van der Waals surface area contributed by atoms with Crippen LogP contribution in [0.15, 0.2) is 47.8 Å². The number of hydrogen-bond donors (Lipinski definition) is 2. The molecule has 0 fully saturated rings. The van der Waals surface area contributed by atoms with Crippen LogP contribution >= 0.6 is 11.3 Å². The molecule has 1 heterocycles. The molecule has 0 saturated carbocycles. The molecular formula is C22H18F2N2O6S. The first-order chi connectivity index (χ1) is 15.8. The average Bonchev–Trinajstić information content (AvgIpc) is 3.34. The molecule has 2 amide bonds. The molecule has 0 unspecified atom stereocenters. The number of anilines is 2. The Hall–Kier alpha value is -3.99. The Bertz CT molecular complexity index is 1180. The number of ether oxygens (including phenoxy) is 3. The van der Waals surface area contributed by atoms with Crippen LogP contribution in [0.1, 0.15) is 20.0 Å². The molecule has 33 heavy (non-hydrogen) atoms. The third kappa shape index (κ3) is 5.83. The minimum atomic E-state index is -0.965. The van der Waals surface area contributed by atoms with E-state index in [2.05, 4.69) is 10.6 Å². The van der Waals surface area contributed by atoms with Crippen LogP contribution in [0.5, 0.6) is 11.5 Å². The van der Waals surface area contributed by atoms with E-state index in [9.17, 15) is 23.2 Å². The van der Waals surface area contributed by atoms with Gasteiger partial charge in [0, 0.05) is 18.2 Å². The maximum absolute atomic E-state index is 13.7. The summed E-state index contributed by atoms with van der Waals surface area (Å²) >= 11 is 1.20. The molecule has 1 aromatic heterocycles. The summed E-state index contributed by atoms with van der Waals surface area (Å²) < 4.78 is 42.4. The van der Waals surface area contributed by atoms with Crippen LogP contribution in [-0.2, 0) is 9.53 Å². The first-order valence-corrected chi connectivity index (χ1v) is 10.2. The van der Waals surface area contributed by atoms with Crippen molar-refractivity contribution in [3.05, 3.63) is 69.9 Å². The molecular weight excluding hydrogens is 458 g/mol. The topological polar surface area (TPSA) is 103 Å². The fraction of sp³-hybridized carbons (Fsp3) is 0.136. The van der Waals surface area contributed by atoms with Crippen LogP contribution in [0.25, 0.3) is 0 Å². The molecule has 0 spiro atoms. The molecule has 3 aromatic rings. The van der Waals surface area contributed by atoms with Crippen LogP contribution in [-0.4, -0.2) is 38.6 Å². The Morgan fingerprint density at radius 3 is 2.33 bits per heavy atom. The predicted molar refractivity (Wildman–Crippen MR) is 117 cm³/mol. The Morgan fingerprint density at radius 2 is 1.67 bits per heavy atom. The average molecular weight is 476 g/mol. The van der Waals surface area contributed by atoms with Gasteiger partial charge < -0.3 is 24.8 Å². The van der Waals surface area contributed by atoms with Crippen LogP contribution in [0, 0.1) is 11.6 Å². The fourth-order valence-electron chi connectivity index (χ4n) is 2.73. The van der Waals surface area contributed by atoms with Crippen molar-refractivity contribution in [2.45, 2.75) is 0 Å². The first kappa shape index (κ1) is 23.7. The second-order valence-corrected chi connectivity index (χ2v) is 7.38. The van der Waals surface area contributed by atoms with Gasteiger partial charge in [0.15, 0.2) is 18.1 Å². The van der Waals surface area contributed by atoms with E-state index in [0.717, 1.165) is 18.2 Å². The zero-order valence-corrected chi connectivity index (χ0v) is 18.3. The van der Waals surface area contributed by atoms with Gasteiger partial charge in [-0.15, -0.1) is 11.3 Å². The number of hydrogen-bond acceptors (Lipinski definition) is 7. The van der Waals surface area contributed by atoms with E-state index < -0.39 is 41.7 Å². The summed E-state index contributed by atoms with van der Waals surface area (Å²) in [5.41, 5.74) is -0.444. The number of methoxy groups -OCH3 is 2. The maximum Gasteiger partial charge on any atom is 0.340 e. The summed E-state index contributed by atoms with van der Waals surface area (Å²) in [5.74, 6) is -3.50. The Labute approximate surface area is 191 Å². The minimum Gasteiger partial charge on any atom is -0.493 e. The van der Waals surface area contributed by atoms with Crippen molar-refractivity contribution in [3.8, 4) is 11.5 Å². The summed E-state index contributed by atoms with van der Waals surface area (Å²) in [7, 11) is 2.74. The highest BCUT2D eigenvalue weighted by Gasteiger charge is 2.21. The normalized spacial score (nSPS) is 10.3. The van der Waals surface area contributed by atoms with Gasteiger partial charge in [0.2, 0.25) is 0 Å². The van der Waals surface area contributed by atoms with E-state index in [4.69, 9.17) is 14.2 Å².